The van der Waals surface area contributed by atoms with Gasteiger partial charge in [0.15, 0.2) is 0 Å². The van der Waals surface area contributed by atoms with Gasteiger partial charge in [-0.05, 0) is 49.2 Å². The van der Waals surface area contributed by atoms with Gasteiger partial charge >= 0.3 is 0 Å². The fourth-order valence-electron chi connectivity index (χ4n) is 4.68. The highest BCUT2D eigenvalue weighted by atomic mass is 19.1. The predicted octanol–water partition coefficient (Wildman–Crippen LogP) is 3.68. The number of rotatable bonds is 3. The third kappa shape index (κ3) is 3.01. The summed E-state index contributed by atoms with van der Waals surface area (Å²) in [7, 11) is 0. The summed E-state index contributed by atoms with van der Waals surface area (Å²) in [4.78, 5) is 31.7. The van der Waals surface area contributed by atoms with E-state index in [0.717, 1.165) is 30.8 Å². The summed E-state index contributed by atoms with van der Waals surface area (Å²) in [6.07, 6.45) is 1.08. The number of aromatic nitrogens is 1. The number of hydrogen-bond donors (Lipinski definition) is 2. The minimum atomic E-state index is -0.350. The molecular weight excluding hydrogens is 383 g/mol. The molecule has 3 aliphatic heterocycles. The van der Waals surface area contributed by atoms with E-state index < -0.39 is 0 Å². The molecule has 3 aliphatic rings. The van der Waals surface area contributed by atoms with Gasteiger partial charge in [-0.3, -0.25) is 9.59 Å². The topological polar surface area (TPSA) is 68.4 Å². The van der Waals surface area contributed by atoms with E-state index >= 15 is 0 Å². The average molecular weight is 406 g/mol. The molecule has 6 rings (SSSR count). The normalized spacial score (nSPS) is 20.2. The number of amides is 2. The molecule has 2 bridgehead atoms. The molecule has 2 unspecified atom stereocenters. The van der Waals surface area contributed by atoms with Crippen molar-refractivity contribution in [2.24, 2.45) is 0 Å². The van der Waals surface area contributed by atoms with Crippen LogP contribution < -0.4 is 10.2 Å². The lowest BCUT2D eigenvalue weighted by atomic mass is 9.86. The van der Waals surface area contributed by atoms with Crippen molar-refractivity contribution in [3.63, 3.8) is 0 Å². The van der Waals surface area contributed by atoms with Gasteiger partial charge in [0, 0.05) is 48.9 Å². The van der Waals surface area contributed by atoms with Crippen LogP contribution in [0.3, 0.4) is 0 Å². The molecule has 7 heteroatoms. The number of anilines is 2. The zero-order valence-electron chi connectivity index (χ0n) is 16.9. The molecule has 4 heterocycles. The monoisotopic (exact) mass is 406 g/mol. The van der Waals surface area contributed by atoms with Gasteiger partial charge in [0.2, 0.25) is 5.91 Å². The predicted molar refractivity (Wildman–Crippen MR) is 114 cm³/mol. The van der Waals surface area contributed by atoms with E-state index in [1.165, 1.54) is 6.07 Å². The highest BCUT2D eigenvalue weighted by Gasteiger charge is 2.45. The van der Waals surface area contributed by atoms with Crippen molar-refractivity contribution in [2.45, 2.75) is 32.4 Å². The van der Waals surface area contributed by atoms with Crippen molar-refractivity contribution < 1.29 is 14.0 Å². The second-order valence-corrected chi connectivity index (χ2v) is 8.22. The average Bonchev–Trinajstić information content (AvgIpc) is 3.18. The molecule has 0 radical (unpaired) electrons. The molecule has 0 saturated carbocycles. The molecular formula is C23H23FN4O2. The van der Waals surface area contributed by atoms with Crippen LogP contribution in [0.4, 0.5) is 15.8 Å². The van der Waals surface area contributed by atoms with Gasteiger partial charge in [-0.15, -0.1) is 0 Å². The Morgan fingerprint density at radius 1 is 1.13 bits per heavy atom. The molecule has 2 aromatic carbocycles. The second kappa shape index (κ2) is 6.86. The number of nitrogens with zero attached hydrogens (tertiary/aromatic N) is 2. The maximum absolute atomic E-state index is 14.1. The first-order valence-corrected chi connectivity index (χ1v) is 10.1. The van der Waals surface area contributed by atoms with Gasteiger partial charge < -0.3 is 20.1 Å². The first kappa shape index (κ1) is 18.7. The number of piperazine rings is 1. The zero-order valence-corrected chi connectivity index (χ0v) is 16.9. The maximum Gasteiger partial charge on any atom is 0.272 e. The molecule has 1 aromatic heterocycles. The van der Waals surface area contributed by atoms with E-state index in [1.807, 2.05) is 36.1 Å². The van der Waals surface area contributed by atoms with E-state index in [0.29, 0.717) is 34.4 Å². The number of halogens is 1. The van der Waals surface area contributed by atoms with E-state index in [2.05, 4.69) is 15.2 Å². The summed E-state index contributed by atoms with van der Waals surface area (Å²) in [6, 6.07) is 13.0. The molecule has 2 atom stereocenters. The second-order valence-electron chi connectivity index (χ2n) is 8.22. The van der Waals surface area contributed by atoms with Gasteiger partial charge in [-0.1, -0.05) is 12.1 Å². The van der Waals surface area contributed by atoms with Crippen LogP contribution in [0.25, 0.3) is 10.9 Å². The van der Waals surface area contributed by atoms with Crippen molar-refractivity contribution in [3.8, 4) is 0 Å². The standard InChI is InChI=1S/C23H23FN4O2/c1-13-6-7-20(24)19-10-21(26-22(13)19)23(30)25-15-4-3-5-16(8-15)28-17-9-18(28)12-27(11-17)14(2)29/h3-8,10,17-18,26H,9,11-12H2,1-2H3,(H,25,30). The van der Waals surface area contributed by atoms with Crippen LogP contribution in [0.1, 0.15) is 29.4 Å². The van der Waals surface area contributed by atoms with Crippen LogP contribution >= 0.6 is 0 Å². The lowest BCUT2D eigenvalue weighted by Gasteiger charge is -2.57. The molecule has 2 amide bonds. The molecule has 2 N–H and O–H groups in total. The molecule has 154 valence electrons. The van der Waals surface area contributed by atoms with E-state index in [4.69, 9.17) is 0 Å². The summed E-state index contributed by atoms with van der Waals surface area (Å²) < 4.78 is 14.1. The fraction of sp³-hybridized carbons (Fsp3) is 0.304. The largest absolute Gasteiger partial charge is 0.362 e. The fourth-order valence-corrected chi connectivity index (χ4v) is 4.68. The molecule has 0 aliphatic carbocycles. The summed E-state index contributed by atoms with van der Waals surface area (Å²) in [5.74, 6) is -0.541. The van der Waals surface area contributed by atoms with Gasteiger partial charge in [-0.25, -0.2) is 4.39 Å². The van der Waals surface area contributed by atoms with Crippen LogP contribution in [0.5, 0.6) is 0 Å². The number of piperidine rings is 1. The molecule has 30 heavy (non-hydrogen) atoms. The third-order valence-corrected chi connectivity index (χ3v) is 6.23. The van der Waals surface area contributed by atoms with Crippen LogP contribution in [-0.4, -0.2) is 46.9 Å². The number of aromatic amines is 1. The number of H-pyrrole nitrogens is 1. The first-order chi connectivity index (χ1) is 14.4. The van der Waals surface area contributed by atoms with E-state index in [1.54, 1.807) is 19.1 Å². The Morgan fingerprint density at radius 2 is 1.90 bits per heavy atom. The van der Waals surface area contributed by atoms with Crippen LogP contribution in [-0.2, 0) is 4.79 Å². The minimum absolute atomic E-state index is 0.121. The summed E-state index contributed by atoms with van der Waals surface area (Å²) >= 11 is 0. The SMILES string of the molecule is CC(=O)N1CC2CC(C1)N2c1cccc(NC(=O)c2cc3c(F)ccc(C)c3[nH]2)c1. The molecule has 3 aromatic rings. The Bertz CT molecular complexity index is 1120. The summed E-state index contributed by atoms with van der Waals surface area (Å²) in [6.45, 7) is 4.97. The first-order valence-electron chi connectivity index (χ1n) is 10.1. The highest BCUT2D eigenvalue weighted by Crippen LogP contribution is 2.38. The number of hydrogen-bond acceptors (Lipinski definition) is 3. The van der Waals surface area contributed by atoms with Gasteiger partial charge in [0.05, 0.1) is 5.52 Å². The van der Waals surface area contributed by atoms with Crippen LogP contribution in [0.2, 0.25) is 0 Å². The lowest BCUT2D eigenvalue weighted by molar-refractivity contribution is -0.131. The van der Waals surface area contributed by atoms with E-state index in [9.17, 15) is 14.0 Å². The summed E-state index contributed by atoms with van der Waals surface area (Å²) in [5, 5.41) is 3.32. The number of fused-ring (bicyclic) bond motifs is 3. The Kier molecular flexibility index (Phi) is 4.27. The van der Waals surface area contributed by atoms with Gasteiger partial charge in [0.25, 0.3) is 5.91 Å². The van der Waals surface area contributed by atoms with Crippen LogP contribution in [0.15, 0.2) is 42.5 Å². The van der Waals surface area contributed by atoms with Gasteiger partial charge in [0.1, 0.15) is 11.5 Å². The number of nitrogens with one attached hydrogen (secondary N) is 2. The lowest BCUT2D eigenvalue weighted by Crippen LogP contribution is -2.69. The third-order valence-electron chi connectivity index (χ3n) is 6.23. The van der Waals surface area contributed by atoms with Crippen LogP contribution in [0, 0.1) is 12.7 Å². The van der Waals surface area contributed by atoms with E-state index in [-0.39, 0.29) is 17.6 Å². The van der Waals surface area contributed by atoms with Crippen molar-refractivity contribution >= 4 is 34.1 Å². The molecule has 0 spiro atoms. The van der Waals surface area contributed by atoms with Gasteiger partial charge in [-0.2, -0.15) is 0 Å². The number of carbonyl (C=O) groups excluding carboxylic acids is 2. The number of carbonyl (C=O) groups is 2. The molecule has 3 saturated heterocycles. The number of benzene rings is 2. The Hall–Kier alpha value is -3.35. The molecule has 3 fully saturated rings. The smallest absolute Gasteiger partial charge is 0.272 e. The van der Waals surface area contributed by atoms with Crippen molar-refractivity contribution in [1.29, 1.82) is 0 Å². The Balaban J connectivity index is 1.35. The number of aryl methyl sites for hydroxylation is 1. The molecule has 6 nitrogen and oxygen atoms in total. The Labute approximate surface area is 173 Å². The zero-order chi connectivity index (χ0) is 21.0. The van der Waals surface area contributed by atoms with Crippen molar-refractivity contribution in [1.82, 2.24) is 9.88 Å². The van der Waals surface area contributed by atoms with Crippen molar-refractivity contribution in [3.05, 3.63) is 59.5 Å². The quantitative estimate of drug-likeness (QED) is 0.697. The highest BCUT2D eigenvalue weighted by molar-refractivity contribution is 6.06. The van der Waals surface area contributed by atoms with Crippen molar-refractivity contribution in [2.75, 3.05) is 23.3 Å². The maximum atomic E-state index is 14.1. The summed E-state index contributed by atoms with van der Waals surface area (Å²) in [5.41, 5.74) is 3.56. The Morgan fingerprint density at radius 3 is 2.60 bits per heavy atom. The minimum Gasteiger partial charge on any atom is -0.362 e.